The van der Waals surface area contributed by atoms with Gasteiger partial charge in [0, 0.05) is 12.2 Å². The molecule has 0 aliphatic carbocycles. The molecule has 0 heterocycles. The fourth-order valence-electron chi connectivity index (χ4n) is 2.03. The molecule has 1 unspecified atom stereocenters. The third-order valence-corrected chi connectivity index (χ3v) is 3.33. The Morgan fingerprint density at radius 3 is 2.32 bits per heavy atom. The van der Waals surface area contributed by atoms with Gasteiger partial charge in [0.05, 0.1) is 0 Å². The van der Waals surface area contributed by atoms with E-state index >= 15 is 0 Å². The maximum absolute atomic E-state index is 10.6. The molecule has 0 saturated carbocycles. The summed E-state index contributed by atoms with van der Waals surface area (Å²) in [5, 5.41) is 13.8. The number of benzene rings is 2. The van der Waals surface area contributed by atoms with Gasteiger partial charge in [0.1, 0.15) is 5.60 Å². The lowest BCUT2D eigenvalue weighted by molar-refractivity contribution is 0.0715. The molecular weight excluding hydrogens is 234 g/mol. The van der Waals surface area contributed by atoms with Gasteiger partial charge in [-0.2, -0.15) is 0 Å². The smallest absolute Gasteiger partial charge is 0.104 e. The van der Waals surface area contributed by atoms with Crippen molar-refractivity contribution in [3.8, 4) is 0 Å². The second-order valence-corrected chi connectivity index (χ2v) is 5.36. The molecule has 100 valence electrons. The van der Waals surface area contributed by atoms with Gasteiger partial charge in [-0.3, -0.25) is 0 Å². The predicted octanol–water partition coefficient (Wildman–Crippen LogP) is 3.62. The van der Waals surface area contributed by atoms with Gasteiger partial charge in [-0.15, -0.1) is 0 Å². The Hall–Kier alpha value is -1.80. The van der Waals surface area contributed by atoms with Gasteiger partial charge in [0.15, 0.2) is 0 Å². The van der Waals surface area contributed by atoms with Gasteiger partial charge in [-0.25, -0.2) is 0 Å². The summed E-state index contributed by atoms with van der Waals surface area (Å²) in [7, 11) is 0. The summed E-state index contributed by atoms with van der Waals surface area (Å²) in [6, 6.07) is 16.2. The number of hydrogen-bond donors (Lipinski definition) is 2. The summed E-state index contributed by atoms with van der Waals surface area (Å²) in [5.41, 5.74) is 3.48. The van der Waals surface area contributed by atoms with E-state index in [4.69, 9.17) is 0 Å². The number of nitrogens with one attached hydrogen (secondary N) is 1. The van der Waals surface area contributed by atoms with Crippen LogP contribution in [-0.4, -0.2) is 11.7 Å². The zero-order chi connectivity index (χ0) is 13.9. The molecule has 0 aromatic heterocycles. The Morgan fingerprint density at radius 2 is 1.68 bits per heavy atom. The molecule has 0 bridgehead atoms. The standard InChI is InChI=1S/C17H21NO/c1-13-7-9-16(10-8-13)18-12-17(3,19)15-6-4-5-14(2)11-15/h4-11,18-19H,12H2,1-3H3. The van der Waals surface area contributed by atoms with Crippen molar-refractivity contribution in [3.05, 3.63) is 65.2 Å². The van der Waals surface area contributed by atoms with Crippen LogP contribution in [0.5, 0.6) is 0 Å². The van der Waals surface area contributed by atoms with Gasteiger partial charge in [-0.05, 0) is 38.5 Å². The Bertz CT molecular complexity index is 543. The summed E-state index contributed by atoms with van der Waals surface area (Å²) < 4.78 is 0. The number of anilines is 1. The van der Waals surface area contributed by atoms with E-state index in [0.29, 0.717) is 6.54 Å². The molecule has 0 aliphatic rings. The summed E-state index contributed by atoms with van der Waals surface area (Å²) in [5.74, 6) is 0. The van der Waals surface area contributed by atoms with Crippen molar-refractivity contribution < 1.29 is 5.11 Å². The van der Waals surface area contributed by atoms with Crippen molar-refractivity contribution in [3.63, 3.8) is 0 Å². The molecule has 0 spiro atoms. The largest absolute Gasteiger partial charge is 0.384 e. The Kier molecular flexibility index (Phi) is 3.91. The third kappa shape index (κ3) is 3.58. The number of aliphatic hydroxyl groups is 1. The van der Waals surface area contributed by atoms with Gasteiger partial charge >= 0.3 is 0 Å². The molecule has 0 amide bonds. The fraction of sp³-hybridized carbons (Fsp3) is 0.294. The van der Waals surface area contributed by atoms with Crippen LogP contribution in [0.2, 0.25) is 0 Å². The van der Waals surface area contributed by atoms with Gasteiger partial charge in [0.25, 0.3) is 0 Å². The minimum atomic E-state index is -0.878. The highest BCUT2D eigenvalue weighted by atomic mass is 16.3. The normalized spacial score (nSPS) is 13.9. The molecule has 2 nitrogen and oxygen atoms in total. The van der Waals surface area contributed by atoms with E-state index in [1.54, 1.807) is 0 Å². The molecule has 2 heteroatoms. The van der Waals surface area contributed by atoms with Gasteiger partial charge in [-0.1, -0.05) is 47.5 Å². The summed E-state index contributed by atoms with van der Waals surface area (Å²) in [6.07, 6.45) is 0. The quantitative estimate of drug-likeness (QED) is 0.874. The van der Waals surface area contributed by atoms with E-state index in [-0.39, 0.29) is 0 Å². The molecule has 0 aliphatic heterocycles. The number of hydrogen-bond acceptors (Lipinski definition) is 2. The highest BCUT2D eigenvalue weighted by molar-refractivity contribution is 5.45. The minimum Gasteiger partial charge on any atom is -0.384 e. The molecule has 2 aromatic rings. The molecular formula is C17H21NO. The summed E-state index contributed by atoms with van der Waals surface area (Å²) in [4.78, 5) is 0. The first-order valence-corrected chi connectivity index (χ1v) is 6.57. The third-order valence-electron chi connectivity index (χ3n) is 3.33. The maximum Gasteiger partial charge on any atom is 0.104 e. The van der Waals surface area contributed by atoms with Crippen molar-refractivity contribution in [1.82, 2.24) is 0 Å². The lowest BCUT2D eigenvalue weighted by Crippen LogP contribution is -2.30. The zero-order valence-corrected chi connectivity index (χ0v) is 11.8. The first-order valence-electron chi connectivity index (χ1n) is 6.57. The van der Waals surface area contributed by atoms with Crippen LogP contribution in [0.1, 0.15) is 23.6 Å². The lowest BCUT2D eigenvalue weighted by atomic mass is 9.94. The first kappa shape index (κ1) is 13.6. The average molecular weight is 255 g/mol. The lowest BCUT2D eigenvalue weighted by Gasteiger charge is -2.25. The van der Waals surface area contributed by atoms with E-state index in [1.165, 1.54) is 5.56 Å². The van der Waals surface area contributed by atoms with Crippen LogP contribution in [0.3, 0.4) is 0 Å². The molecule has 1 atom stereocenters. The highest BCUT2D eigenvalue weighted by Gasteiger charge is 2.22. The predicted molar refractivity (Wildman–Crippen MR) is 80.4 cm³/mol. The Morgan fingerprint density at radius 1 is 1.00 bits per heavy atom. The SMILES string of the molecule is Cc1ccc(NCC(C)(O)c2cccc(C)c2)cc1. The van der Waals surface area contributed by atoms with E-state index in [9.17, 15) is 5.11 Å². The van der Waals surface area contributed by atoms with E-state index in [2.05, 4.69) is 24.4 Å². The molecule has 19 heavy (non-hydrogen) atoms. The van der Waals surface area contributed by atoms with E-state index in [0.717, 1.165) is 16.8 Å². The van der Waals surface area contributed by atoms with Crippen molar-refractivity contribution in [2.75, 3.05) is 11.9 Å². The van der Waals surface area contributed by atoms with Crippen LogP contribution >= 0.6 is 0 Å². The van der Waals surface area contributed by atoms with Crippen LogP contribution in [-0.2, 0) is 5.60 Å². The average Bonchev–Trinajstić information content (AvgIpc) is 2.38. The second kappa shape index (κ2) is 5.45. The van der Waals surface area contributed by atoms with Crippen LogP contribution in [0.25, 0.3) is 0 Å². The van der Waals surface area contributed by atoms with E-state index in [1.807, 2.05) is 50.2 Å². The van der Waals surface area contributed by atoms with Crippen molar-refractivity contribution in [1.29, 1.82) is 0 Å². The minimum absolute atomic E-state index is 0.486. The van der Waals surface area contributed by atoms with Crippen molar-refractivity contribution >= 4 is 5.69 Å². The number of rotatable bonds is 4. The molecule has 0 fully saturated rings. The molecule has 0 saturated heterocycles. The van der Waals surface area contributed by atoms with Gasteiger partial charge < -0.3 is 10.4 Å². The maximum atomic E-state index is 10.6. The molecule has 2 rings (SSSR count). The molecule has 2 aromatic carbocycles. The Labute approximate surface area is 115 Å². The van der Waals surface area contributed by atoms with Crippen LogP contribution in [0.4, 0.5) is 5.69 Å². The molecule has 0 radical (unpaired) electrons. The zero-order valence-electron chi connectivity index (χ0n) is 11.8. The van der Waals surface area contributed by atoms with Crippen molar-refractivity contribution in [2.24, 2.45) is 0 Å². The monoisotopic (exact) mass is 255 g/mol. The topological polar surface area (TPSA) is 32.3 Å². The summed E-state index contributed by atoms with van der Waals surface area (Å²) in [6.45, 7) is 6.42. The van der Waals surface area contributed by atoms with E-state index < -0.39 is 5.60 Å². The van der Waals surface area contributed by atoms with Crippen LogP contribution in [0.15, 0.2) is 48.5 Å². The summed E-state index contributed by atoms with van der Waals surface area (Å²) >= 11 is 0. The van der Waals surface area contributed by atoms with Crippen LogP contribution < -0.4 is 5.32 Å². The number of aryl methyl sites for hydroxylation is 2. The van der Waals surface area contributed by atoms with Gasteiger partial charge in [0.2, 0.25) is 0 Å². The second-order valence-electron chi connectivity index (χ2n) is 5.36. The fourth-order valence-corrected chi connectivity index (χ4v) is 2.03. The van der Waals surface area contributed by atoms with Crippen molar-refractivity contribution in [2.45, 2.75) is 26.4 Å². The first-order chi connectivity index (χ1) is 8.97. The Balaban J connectivity index is 2.07. The molecule has 2 N–H and O–H groups in total. The highest BCUT2D eigenvalue weighted by Crippen LogP contribution is 2.22. The van der Waals surface area contributed by atoms with Crippen LogP contribution in [0, 0.1) is 13.8 Å².